The number of aryl methyl sites for hydroxylation is 1. The lowest BCUT2D eigenvalue weighted by atomic mass is 9.87. The average molecular weight is 364 g/mol. The highest BCUT2D eigenvalue weighted by Crippen LogP contribution is 2.25. The smallest absolute Gasteiger partial charge is 0.224 e. The van der Waals surface area contributed by atoms with E-state index in [0.717, 1.165) is 43.8 Å². The van der Waals surface area contributed by atoms with Crippen LogP contribution in [0.1, 0.15) is 29.5 Å². The molecule has 0 spiro atoms. The fourth-order valence-corrected chi connectivity index (χ4v) is 4.36. The van der Waals surface area contributed by atoms with E-state index in [2.05, 4.69) is 29.2 Å². The molecule has 1 aliphatic heterocycles. The largest absolute Gasteiger partial charge is 0.497 e. The Morgan fingerprint density at radius 2 is 1.74 bits per heavy atom. The van der Waals surface area contributed by atoms with Crippen LogP contribution in [0.25, 0.3) is 0 Å². The number of carbonyl (C=O) groups is 1. The van der Waals surface area contributed by atoms with E-state index in [1.807, 2.05) is 29.2 Å². The lowest BCUT2D eigenvalue weighted by Gasteiger charge is -2.34. The number of nitrogens with zero attached hydrogens (tertiary/aromatic N) is 2. The molecule has 1 aliphatic carbocycles. The van der Waals surface area contributed by atoms with Crippen molar-refractivity contribution >= 4 is 5.91 Å². The molecule has 1 fully saturated rings. The summed E-state index contributed by atoms with van der Waals surface area (Å²) >= 11 is 0. The zero-order valence-electron chi connectivity index (χ0n) is 16.1. The Morgan fingerprint density at radius 1 is 0.963 bits per heavy atom. The van der Waals surface area contributed by atoms with Crippen LogP contribution >= 0.6 is 0 Å². The number of methoxy groups -OCH3 is 1. The minimum atomic E-state index is 0.268. The van der Waals surface area contributed by atoms with E-state index >= 15 is 0 Å². The van der Waals surface area contributed by atoms with E-state index in [1.54, 1.807) is 7.11 Å². The van der Waals surface area contributed by atoms with Gasteiger partial charge in [0.1, 0.15) is 5.75 Å². The molecule has 0 saturated carbocycles. The van der Waals surface area contributed by atoms with Crippen LogP contribution in [0, 0.1) is 0 Å². The van der Waals surface area contributed by atoms with Gasteiger partial charge < -0.3 is 9.64 Å². The lowest BCUT2D eigenvalue weighted by Crippen LogP contribution is -2.41. The van der Waals surface area contributed by atoms with Gasteiger partial charge in [-0.05, 0) is 48.1 Å². The molecule has 2 aromatic carbocycles. The Labute approximate surface area is 161 Å². The van der Waals surface area contributed by atoms with Crippen molar-refractivity contribution in [3.8, 4) is 5.75 Å². The summed E-state index contributed by atoms with van der Waals surface area (Å²) in [5, 5.41) is 0. The molecule has 4 rings (SSSR count). The number of ether oxygens (including phenoxy) is 1. The minimum Gasteiger partial charge on any atom is -0.497 e. The van der Waals surface area contributed by atoms with Gasteiger partial charge in [-0.25, -0.2) is 0 Å². The summed E-state index contributed by atoms with van der Waals surface area (Å²) < 4.78 is 5.22. The molecule has 2 aromatic rings. The summed E-state index contributed by atoms with van der Waals surface area (Å²) in [7, 11) is 1.67. The Hall–Kier alpha value is -2.33. The monoisotopic (exact) mass is 364 g/mol. The van der Waals surface area contributed by atoms with Crippen LogP contribution in [0.15, 0.2) is 48.5 Å². The Kier molecular flexibility index (Phi) is 5.44. The van der Waals surface area contributed by atoms with Crippen LogP contribution < -0.4 is 4.74 Å². The van der Waals surface area contributed by atoms with Crippen molar-refractivity contribution < 1.29 is 9.53 Å². The molecule has 2 aliphatic rings. The third kappa shape index (κ3) is 4.16. The van der Waals surface area contributed by atoms with Crippen molar-refractivity contribution in [2.24, 2.45) is 0 Å². The molecule has 1 amide bonds. The molecule has 0 bridgehead atoms. The van der Waals surface area contributed by atoms with Crippen LogP contribution in [0.4, 0.5) is 0 Å². The van der Waals surface area contributed by atoms with E-state index in [9.17, 15) is 4.79 Å². The highest BCUT2D eigenvalue weighted by Gasteiger charge is 2.28. The third-order valence-electron chi connectivity index (χ3n) is 5.99. The molecule has 27 heavy (non-hydrogen) atoms. The van der Waals surface area contributed by atoms with Gasteiger partial charge in [-0.2, -0.15) is 0 Å². The van der Waals surface area contributed by atoms with Gasteiger partial charge in [0, 0.05) is 38.6 Å². The number of hydrogen-bond donors (Lipinski definition) is 0. The van der Waals surface area contributed by atoms with Gasteiger partial charge in [0.05, 0.1) is 7.11 Å². The van der Waals surface area contributed by atoms with Gasteiger partial charge in [0.25, 0.3) is 0 Å². The summed E-state index contributed by atoms with van der Waals surface area (Å²) in [6.07, 6.45) is 4.08. The van der Waals surface area contributed by atoms with Crippen molar-refractivity contribution in [1.82, 2.24) is 9.80 Å². The van der Waals surface area contributed by atoms with E-state index < -0.39 is 0 Å². The summed E-state index contributed by atoms with van der Waals surface area (Å²) in [6.45, 7) is 3.34. The van der Waals surface area contributed by atoms with Crippen molar-refractivity contribution in [3.05, 3.63) is 65.2 Å². The number of rotatable bonds is 4. The molecule has 4 heteroatoms. The topological polar surface area (TPSA) is 32.8 Å². The maximum Gasteiger partial charge on any atom is 0.224 e. The van der Waals surface area contributed by atoms with Crippen LogP contribution in [0.5, 0.6) is 5.75 Å². The second kappa shape index (κ2) is 8.13. The number of benzene rings is 2. The molecule has 1 saturated heterocycles. The fourth-order valence-electron chi connectivity index (χ4n) is 4.36. The first-order valence-electron chi connectivity index (χ1n) is 9.94. The minimum absolute atomic E-state index is 0.268. The number of amides is 1. The van der Waals surface area contributed by atoms with Crippen LogP contribution in [0.3, 0.4) is 0 Å². The van der Waals surface area contributed by atoms with E-state index in [1.165, 1.54) is 17.5 Å². The summed E-state index contributed by atoms with van der Waals surface area (Å²) in [5.41, 5.74) is 4.14. The quantitative estimate of drug-likeness (QED) is 0.835. The highest BCUT2D eigenvalue weighted by molar-refractivity contribution is 5.76. The van der Waals surface area contributed by atoms with Crippen molar-refractivity contribution in [2.75, 3.05) is 26.7 Å². The molecule has 0 radical (unpaired) electrons. The second-order valence-electron chi connectivity index (χ2n) is 7.61. The molecule has 1 atom stereocenters. The maximum atomic E-state index is 12.6. The molecule has 4 nitrogen and oxygen atoms in total. The summed E-state index contributed by atoms with van der Waals surface area (Å²) in [4.78, 5) is 17.2. The van der Waals surface area contributed by atoms with Crippen LogP contribution in [-0.2, 0) is 24.2 Å². The molecule has 0 aromatic heterocycles. The number of hydrogen-bond acceptors (Lipinski definition) is 3. The van der Waals surface area contributed by atoms with Crippen molar-refractivity contribution in [3.63, 3.8) is 0 Å². The Bertz CT molecular complexity index is 787. The summed E-state index contributed by atoms with van der Waals surface area (Å²) in [5.74, 6) is 1.12. The van der Waals surface area contributed by atoms with Gasteiger partial charge in [0.2, 0.25) is 5.91 Å². The number of fused-ring (bicyclic) bond motifs is 1. The predicted molar refractivity (Wildman–Crippen MR) is 107 cm³/mol. The molecule has 0 N–H and O–H groups in total. The maximum absolute atomic E-state index is 12.6. The number of carbonyl (C=O) groups excluding carboxylic acids is 1. The first-order chi connectivity index (χ1) is 13.2. The summed E-state index contributed by atoms with van der Waals surface area (Å²) in [6, 6.07) is 17.4. The van der Waals surface area contributed by atoms with Gasteiger partial charge in [-0.3, -0.25) is 9.69 Å². The van der Waals surface area contributed by atoms with Gasteiger partial charge >= 0.3 is 0 Å². The highest BCUT2D eigenvalue weighted by atomic mass is 16.5. The zero-order chi connectivity index (χ0) is 18.6. The molecule has 1 heterocycles. The first kappa shape index (κ1) is 18.1. The van der Waals surface area contributed by atoms with Gasteiger partial charge in [0.15, 0.2) is 0 Å². The lowest BCUT2D eigenvalue weighted by molar-refractivity contribution is -0.130. The standard InChI is InChI=1S/C23H28N2O2/c1-27-22-10-6-18(7-11-22)17-25-15-14-24(13-12-23(25)26)21-9-8-19-4-2-3-5-20(19)16-21/h2-7,10-11,21H,8-9,12-17H2,1H3. The third-order valence-corrected chi connectivity index (χ3v) is 5.99. The molecular weight excluding hydrogens is 336 g/mol. The normalized spacial score (nSPS) is 20.9. The Morgan fingerprint density at radius 3 is 2.52 bits per heavy atom. The van der Waals surface area contributed by atoms with E-state index in [4.69, 9.17) is 4.74 Å². The second-order valence-corrected chi connectivity index (χ2v) is 7.61. The molecular formula is C23H28N2O2. The zero-order valence-corrected chi connectivity index (χ0v) is 16.1. The van der Waals surface area contributed by atoms with Gasteiger partial charge in [-0.1, -0.05) is 36.4 Å². The first-order valence-corrected chi connectivity index (χ1v) is 9.94. The van der Waals surface area contributed by atoms with Gasteiger partial charge in [-0.15, -0.1) is 0 Å². The molecule has 142 valence electrons. The van der Waals surface area contributed by atoms with Crippen molar-refractivity contribution in [1.29, 1.82) is 0 Å². The van der Waals surface area contributed by atoms with E-state index in [-0.39, 0.29) is 5.91 Å². The predicted octanol–water partition coefficient (Wildman–Crippen LogP) is 3.29. The SMILES string of the molecule is COc1ccc(CN2CCN(C3CCc4ccccc4C3)CCC2=O)cc1. The van der Waals surface area contributed by atoms with Crippen molar-refractivity contribution in [2.45, 2.75) is 38.3 Å². The Balaban J connectivity index is 1.38. The van der Waals surface area contributed by atoms with Crippen LogP contribution in [-0.4, -0.2) is 48.5 Å². The van der Waals surface area contributed by atoms with E-state index in [0.29, 0.717) is 19.0 Å². The molecule has 1 unspecified atom stereocenters. The fraction of sp³-hybridized carbons (Fsp3) is 0.435. The van der Waals surface area contributed by atoms with Crippen LogP contribution in [0.2, 0.25) is 0 Å². The average Bonchev–Trinajstić information content (AvgIpc) is 2.90.